The summed E-state index contributed by atoms with van der Waals surface area (Å²) in [5, 5.41) is 0. The Bertz CT molecular complexity index is 585. The van der Waals surface area contributed by atoms with E-state index in [0.29, 0.717) is 12.5 Å². The zero-order valence-corrected chi connectivity index (χ0v) is 16.7. The van der Waals surface area contributed by atoms with E-state index >= 15 is 0 Å². The van der Waals surface area contributed by atoms with Crippen molar-refractivity contribution in [2.24, 2.45) is 5.73 Å². The fourth-order valence-electron chi connectivity index (χ4n) is 3.11. The highest BCUT2D eigenvalue weighted by Crippen LogP contribution is 2.36. The van der Waals surface area contributed by atoms with Crippen molar-refractivity contribution in [2.45, 2.75) is 65.2 Å². The van der Waals surface area contributed by atoms with Crippen LogP contribution in [0.4, 0.5) is 0 Å². The van der Waals surface area contributed by atoms with Crippen LogP contribution in [0.5, 0.6) is 0 Å². The van der Waals surface area contributed by atoms with E-state index in [2.05, 4.69) is 37.8 Å². The van der Waals surface area contributed by atoms with Crippen LogP contribution in [0.25, 0.3) is 5.57 Å². The predicted molar refractivity (Wildman–Crippen MR) is 111 cm³/mol. The van der Waals surface area contributed by atoms with Gasteiger partial charge in [-0.2, -0.15) is 0 Å². The van der Waals surface area contributed by atoms with Crippen LogP contribution in [-0.4, -0.2) is 19.1 Å². The topological polar surface area (TPSA) is 52.3 Å². The number of allylic oxidation sites excluding steroid dienone is 2. The second kappa shape index (κ2) is 12.5. The summed E-state index contributed by atoms with van der Waals surface area (Å²) in [5.74, 6) is 0.310. The monoisotopic (exact) mass is 357 g/mol. The van der Waals surface area contributed by atoms with Crippen molar-refractivity contribution in [3.05, 3.63) is 53.6 Å². The summed E-state index contributed by atoms with van der Waals surface area (Å²) >= 11 is 0. The second-order valence-corrected chi connectivity index (χ2v) is 6.89. The molecule has 3 nitrogen and oxygen atoms in total. The molecule has 0 bridgehead atoms. The van der Waals surface area contributed by atoms with Crippen LogP contribution in [0.3, 0.4) is 0 Å². The molecular weight excluding hydrogens is 322 g/mol. The Labute approximate surface area is 159 Å². The summed E-state index contributed by atoms with van der Waals surface area (Å²) in [7, 11) is 0. The summed E-state index contributed by atoms with van der Waals surface area (Å²) in [6.07, 6.45) is 8.38. The normalized spacial score (nSPS) is 18.0. The molecule has 1 aliphatic carbocycles. The van der Waals surface area contributed by atoms with Crippen LogP contribution in [-0.2, 0) is 9.53 Å². The molecule has 0 aliphatic heterocycles. The second-order valence-electron chi connectivity index (χ2n) is 6.89. The number of carbonyl (C=O) groups excluding carboxylic acids is 1. The first-order valence-corrected chi connectivity index (χ1v) is 9.83. The highest BCUT2D eigenvalue weighted by Gasteiger charge is 2.19. The Hall–Kier alpha value is -1.87. The van der Waals surface area contributed by atoms with Gasteiger partial charge < -0.3 is 10.5 Å². The molecule has 1 unspecified atom stereocenters. The quantitative estimate of drug-likeness (QED) is 0.531. The molecule has 144 valence electrons. The van der Waals surface area contributed by atoms with Gasteiger partial charge in [0.2, 0.25) is 0 Å². The minimum absolute atomic E-state index is 0.203. The van der Waals surface area contributed by atoms with Crippen molar-refractivity contribution in [3.63, 3.8) is 0 Å². The molecule has 0 spiro atoms. The van der Waals surface area contributed by atoms with Crippen LogP contribution in [0.2, 0.25) is 0 Å². The molecule has 26 heavy (non-hydrogen) atoms. The first-order valence-electron chi connectivity index (χ1n) is 9.83. The maximum atomic E-state index is 11.6. The average Bonchev–Trinajstić information content (AvgIpc) is 2.63. The standard InChI is InChI=1S/C19H24O2.C4H11N/c1-4-21-19(20)13-15-6-5-7-18(12-15)17-10-8-16(9-11-17)14(2)3;1-2-3-4-5/h8-11,13,18H,2,4-7,12H2,1,3H3;2-5H2,1H3/b15-13-;. The van der Waals surface area contributed by atoms with Crippen LogP contribution in [0, 0.1) is 0 Å². The zero-order valence-electron chi connectivity index (χ0n) is 16.7. The highest BCUT2D eigenvalue weighted by molar-refractivity contribution is 5.82. The first-order chi connectivity index (χ1) is 12.5. The molecule has 0 amide bonds. The van der Waals surface area contributed by atoms with Crippen LogP contribution >= 0.6 is 0 Å². The molecule has 1 atom stereocenters. The molecule has 1 saturated carbocycles. The summed E-state index contributed by atoms with van der Waals surface area (Å²) in [5.41, 5.74) is 9.99. The number of rotatable bonds is 6. The Morgan fingerprint density at radius 1 is 1.31 bits per heavy atom. The number of ether oxygens (including phenoxy) is 1. The van der Waals surface area contributed by atoms with Crippen molar-refractivity contribution < 1.29 is 9.53 Å². The Morgan fingerprint density at radius 2 is 2.00 bits per heavy atom. The van der Waals surface area contributed by atoms with Crippen molar-refractivity contribution in [3.8, 4) is 0 Å². The van der Waals surface area contributed by atoms with Gasteiger partial charge in [0.05, 0.1) is 6.61 Å². The first kappa shape index (κ1) is 22.2. The molecule has 2 rings (SSSR count). The number of unbranched alkanes of at least 4 members (excludes halogenated alkanes) is 1. The molecule has 0 radical (unpaired) electrons. The highest BCUT2D eigenvalue weighted by atomic mass is 16.5. The molecular formula is C23H35NO2. The number of esters is 1. The number of carbonyl (C=O) groups is 1. The number of nitrogens with two attached hydrogens (primary N) is 1. The van der Waals surface area contributed by atoms with Gasteiger partial charge in [-0.05, 0) is 69.5 Å². The molecule has 0 heterocycles. The minimum atomic E-state index is -0.203. The lowest BCUT2D eigenvalue weighted by Gasteiger charge is -2.24. The summed E-state index contributed by atoms with van der Waals surface area (Å²) in [6, 6.07) is 8.67. The molecule has 2 N–H and O–H groups in total. The van der Waals surface area contributed by atoms with E-state index in [4.69, 9.17) is 10.5 Å². The Kier molecular flexibility index (Phi) is 10.6. The maximum absolute atomic E-state index is 11.6. The number of hydrogen-bond acceptors (Lipinski definition) is 3. The average molecular weight is 358 g/mol. The van der Waals surface area contributed by atoms with Gasteiger partial charge in [-0.15, -0.1) is 0 Å². The van der Waals surface area contributed by atoms with Gasteiger partial charge in [-0.3, -0.25) is 0 Å². The van der Waals surface area contributed by atoms with Crippen molar-refractivity contribution in [2.75, 3.05) is 13.2 Å². The lowest BCUT2D eigenvalue weighted by molar-refractivity contribution is -0.137. The van der Waals surface area contributed by atoms with Gasteiger partial charge in [0, 0.05) is 6.08 Å². The van der Waals surface area contributed by atoms with Gasteiger partial charge in [-0.25, -0.2) is 4.79 Å². The van der Waals surface area contributed by atoms with Crippen LogP contribution < -0.4 is 5.73 Å². The van der Waals surface area contributed by atoms with Crippen molar-refractivity contribution >= 4 is 11.5 Å². The molecule has 1 aromatic carbocycles. The van der Waals surface area contributed by atoms with E-state index in [1.807, 2.05) is 13.8 Å². The third-order valence-electron chi connectivity index (χ3n) is 4.60. The van der Waals surface area contributed by atoms with Gasteiger partial charge in [0.1, 0.15) is 0 Å². The van der Waals surface area contributed by atoms with Gasteiger partial charge >= 0.3 is 5.97 Å². The van der Waals surface area contributed by atoms with Gasteiger partial charge in [0.25, 0.3) is 0 Å². The SMILES string of the molecule is C=C(C)c1ccc(C2CCC/C(=C/C(=O)OCC)C2)cc1.CCCCN. The fraction of sp³-hybridized carbons (Fsp3) is 0.522. The molecule has 1 fully saturated rings. The van der Waals surface area contributed by atoms with E-state index in [0.717, 1.165) is 31.4 Å². The number of benzene rings is 1. The maximum Gasteiger partial charge on any atom is 0.330 e. The van der Waals surface area contributed by atoms with E-state index in [-0.39, 0.29) is 5.97 Å². The Balaban J connectivity index is 0.000000597. The van der Waals surface area contributed by atoms with Gasteiger partial charge in [-0.1, -0.05) is 55.3 Å². The largest absolute Gasteiger partial charge is 0.463 e. The molecule has 0 saturated heterocycles. The van der Waals surface area contributed by atoms with Gasteiger partial charge in [0.15, 0.2) is 0 Å². The lowest BCUT2D eigenvalue weighted by Crippen LogP contribution is -2.09. The Morgan fingerprint density at radius 3 is 2.50 bits per heavy atom. The van der Waals surface area contributed by atoms with Crippen molar-refractivity contribution in [1.29, 1.82) is 0 Å². The third-order valence-corrected chi connectivity index (χ3v) is 4.60. The summed E-state index contributed by atoms with van der Waals surface area (Å²) in [6.45, 7) is 11.2. The summed E-state index contributed by atoms with van der Waals surface area (Å²) in [4.78, 5) is 11.6. The predicted octanol–water partition coefficient (Wildman–Crippen LogP) is 5.61. The van der Waals surface area contributed by atoms with Crippen molar-refractivity contribution in [1.82, 2.24) is 0 Å². The van der Waals surface area contributed by atoms with E-state index in [1.54, 1.807) is 6.08 Å². The molecule has 1 aliphatic rings. The van der Waals surface area contributed by atoms with E-state index < -0.39 is 0 Å². The zero-order chi connectivity index (χ0) is 19.4. The third kappa shape index (κ3) is 8.01. The molecule has 0 aromatic heterocycles. The lowest BCUT2D eigenvalue weighted by atomic mass is 9.81. The van der Waals surface area contributed by atoms with E-state index in [1.165, 1.54) is 36.0 Å². The molecule has 1 aromatic rings. The summed E-state index contributed by atoms with van der Waals surface area (Å²) < 4.78 is 5.00. The van der Waals surface area contributed by atoms with E-state index in [9.17, 15) is 4.79 Å². The number of hydrogen-bond donors (Lipinski definition) is 1. The fourth-order valence-corrected chi connectivity index (χ4v) is 3.11. The molecule has 3 heteroatoms. The smallest absolute Gasteiger partial charge is 0.330 e. The van der Waals surface area contributed by atoms with Crippen LogP contribution in [0.15, 0.2) is 42.5 Å². The van der Waals surface area contributed by atoms with Crippen LogP contribution in [0.1, 0.15) is 76.3 Å². The minimum Gasteiger partial charge on any atom is -0.463 e.